The molecule has 0 bridgehead atoms. The number of hydrogen-bond donors (Lipinski definition) is 6. The summed E-state index contributed by atoms with van der Waals surface area (Å²) in [6.45, 7) is 22.2. The van der Waals surface area contributed by atoms with E-state index in [1.807, 2.05) is 107 Å². The summed E-state index contributed by atoms with van der Waals surface area (Å²) < 4.78 is 0. The molecular formula is C35H52N6O6. The maximum atomic E-state index is 11.4. The van der Waals surface area contributed by atoms with E-state index in [0.29, 0.717) is 27.8 Å². The van der Waals surface area contributed by atoms with Gasteiger partial charge in [-0.05, 0) is 130 Å². The van der Waals surface area contributed by atoms with E-state index in [4.69, 9.17) is 0 Å². The van der Waals surface area contributed by atoms with Gasteiger partial charge in [-0.15, -0.1) is 0 Å². The average molecular weight is 653 g/mol. The largest absolute Gasteiger partial charge is 0.311 e. The normalized spacial score (nSPS) is 27.0. The second-order valence-electron chi connectivity index (χ2n) is 16.3. The molecule has 0 aliphatic carbocycles. The smallest absolute Gasteiger partial charge is 0.136 e. The van der Waals surface area contributed by atoms with Crippen LogP contribution in [0.1, 0.15) is 129 Å². The molecule has 0 aromatic heterocycles. The van der Waals surface area contributed by atoms with E-state index in [0.717, 1.165) is 20.3 Å². The molecule has 3 saturated heterocycles. The molecule has 12 nitrogen and oxygen atoms in total. The van der Waals surface area contributed by atoms with Gasteiger partial charge in [0.1, 0.15) is 18.5 Å². The number of benzene rings is 2. The molecule has 3 heterocycles. The summed E-state index contributed by atoms with van der Waals surface area (Å²) in [5.41, 5.74) is -1.83. The Morgan fingerprint density at radius 1 is 0.383 bits per heavy atom. The van der Waals surface area contributed by atoms with Crippen LogP contribution in [0.2, 0.25) is 0 Å². The molecular weight excluding hydrogens is 600 g/mol. The lowest BCUT2D eigenvalue weighted by Gasteiger charge is -2.37. The number of hydrogen-bond acceptors (Lipinski definition) is 12. The Morgan fingerprint density at radius 3 is 0.936 bits per heavy atom. The summed E-state index contributed by atoms with van der Waals surface area (Å²) in [6.07, 6.45) is -2.67. The van der Waals surface area contributed by atoms with Gasteiger partial charge in [-0.1, -0.05) is 24.0 Å². The molecule has 0 amide bonds. The van der Waals surface area contributed by atoms with Crippen molar-refractivity contribution in [3.63, 3.8) is 0 Å². The minimum atomic E-state index is -0.954. The molecule has 0 saturated carbocycles. The molecule has 0 unspecified atom stereocenters. The van der Waals surface area contributed by atoms with Crippen LogP contribution >= 0.6 is 0 Å². The molecule has 3 aliphatic heterocycles. The summed E-state index contributed by atoms with van der Waals surface area (Å²) in [4.78, 5) is 0. The summed E-state index contributed by atoms with van der Waals surface area (Å²) in [7, 11) is 0. The monoisotopic (exact) mass is 652 g/mol. The SMILES string of the molecule is CC1(C)N(O)C(c2ccc(C#Cc3cc(C4N(O)C(C)(C)C(C)(C)N4O)cc(C4N(O)C(C)(C)C(C)(C)N4O)c3)cc2)N(O)C1(C)C. The average Bonchev–Trinajstić information content (AvgIpc) is 3.25. The third-order valence-electron chi connectivity index (χ3n) is 12.5. The minimum Gasteiger partial charge on any atom is -0.311 e. The first-order chi connectivity index (χ1) is 21.3. The third-order valence-corrected chi connectivity index (χ3v) is 12.5. The molecule has 6 N–H and O–H groups in total. The molecule has 258 valence electrons. The Morgan fingerprint density at radius 2 is 0.638 bits per heavy atom. The maximum absolute atomic E-state index is 11.4. The van der Waals surface area contributed by atoms with Crippen molar-refractivity contribution in [2.24, 2.45) is 0 Å². The van der Waals surface area contributed by atoms with Gasteiger partial charge >= 0.3 is 0 Å². The Balaban J connectivity index is 1.56. The van der Waals surface area contributed by atoms with Crippen LogP contribution < -0.4 is 0 Å². The van der Waals surface area contributed by atoms with E-state index < -0.39 is 51.7 Å². The molecule has 0 spiro atoms. The summed E-state index contributed by atoms with van der Waals surface area (Å²) in [5.74, 6) is 6.37. The predicted molar refractivity (Wildman–Crippen MR) is 173 cm³/mol. The van der Waals surface area contributed by atoms with Crippen LogP contribution in [-0.2, 0) is 0 Å². The quantitative estimate of drug-likeness (QED) is 0.219. The minimum absolute atomic E-state index is 0.521. The van der Waals surface area contributed by atoms with Gasteiger partial charge in [0.05, 0.1) is 33.2 Å². The van der Waals surface area contributed by atoms with Gasteiger partial charge in [-0.25, -0.2) is 0 Å². The number of hydroxylamine groups is 12. The second kappa shape index (κ2) is 11.0. The highest BCUT2D eigenvalue weighted by atomic mass is 16.6. The molecule has 2 aromatic rings. The van der Waals surface area contributed by atoms with Gasteiger partial charge in [0, 0.05) is 11.1 Å². The second-order valence-corrected chi connectivity index (χ2v) is 16.3. The lowest BCUT2D eigenvalue weighted by molar-refractivity contribution is -0.225. The van der Waals surface area contributed by atoms with E-state index in [9.17, 15) is 31.2 Å². The van der Waals surface area contributed by atoms with Crippen LogP contribution in [0.25, 0.3) is 0 Å². The molecule has 3 aliphatic rings. The highest BCUT2D eigenvalue weighted by molar-refractivity contribution is 5.48. The van der Waals surface area contributed by atoms with Crippen LogP contribution in [-0.4, -0.2) is 94.9 Å². The molecule has 5 rings (SSSR count). The zero-order chi connectivity index (χ0) is 35.4. The fourth-order valence-corrected chi connectivity index (χ4v) is 6.60. The van der Waals surface area contributed by atoms with Gasteiger partial charge in [0.15, 0.2) is 0 Å². The Bertz CT molecular complexity index is 1470. The highest BCUT2D eigenvalue weighted by Crippen LogP contribution is 2.51. The van der Waals surface area contributed by atoms with Crippen LogP contribution in [0.15, 0.2) is 42.5 Å². The zero-order valence-corrected chi connectivity index (χ0v) is 29.6. The van der Waals surface area contributed by atoms with Crippen molar-refractivity contribution in [3.05, 3.63) is 70.3 Å². The Kier molecular flexibility index (Phi) is 8.39. The van der Waals surface area contributed by atoms with Crippen molar-refractivity contribution < 1.29 is 31.2 Å². The van der Waals surface area contributed by atoms with E-state index in [2.05, 4.69) is 11.8 Å². The molecule has 12 heteroatoms. The summed E-state index contributed by atoms with van der Waals surface area (Å²) in [5, 5.41) is 74.1. The first kappa shape index (κ1) is 35.8. The first-order valence-corrected chi connectivity index (χ1v) is 16.0. The van der Waals surface area contributed by atoms with Crippen molar-refractivity contribution in [3.8, 4) is 11.8 Å². The Labute approximate surface area is 278 Å². The van der Waals surface area contributed by atoms with E-state index in [1.54, 1.807) is 18.2 Å². The molecule has 47 heavy (non-hydrogen) atoms. The third kappa shape index (κ3) is 4.92. The zero-order valence-electron chi connectivity index (χ0n) is 29.6. The van der Waals surface area contributed by atoms with Crippen molar-refractivity contribution >= 4 is 0 Å². The first-order valence-electron chi connectivity index (χ1n) is 16.0. The van der Waals surface area contributed by atoms with Crippen LogP contribution in [0.3, 0.4) is 0 Å². The Hall–Kier alpha value is -2.48. The van der Waals surface area contributed by atoms with Gasteiger partial charge in [0.25, 0.3) is 0 Å². The van der Waals surface area contributed by atoms with Crippen LogP contribution in [0.5, 0.6) is 0 Å². The van der Waals surface area contributed by atoms with Crippen LogP contribution in [0.4, 0.5) is 0 Å². The standard InChI is InChI=1S/C35H52N6O6/c1-30(2)31(3,4)37(43)27(36(30)42)24-17-15-22(16-18-24)13-14-23-19-25(28-38(44)32(5,6)33(7,8)39(28)45)21-26(20-23)29-40(46)34(9,10)35(11,12)41(29)47/h15-21,27-29,42-47H,1-12H3. The highest BCUT2D eigenvalue weighted by Gasteiger charge is 2.61. The van der Waals surface area contributed by atoms with Gasteiger partial charge in [0.2, 0.25) is 0 Å². The van der Waals surface area contributed by atoms with Crippen molar-refractivity contribution in [1.29, 1.82) is 0 Å². The lowest BCUT2D eigenvalue weighted by atomic mass is 9.84. The number of rotatable bonds is 3. The van der Waals surface area contributed by atoms with Crippen molar-refractivity contribution in [2.75, 3.05) is 0 Å². The fourth-order valence-electron chi connectivity index (χ4n) is 6.60. The molecule has 0 atom stereocenters. The number of nitrogens with zero attached hydrogens (tertiary/aromatic N) is 6. The fraction of sp³-hybridized carbons (Fsp3) is 0.600. The van der Waals surface area contributed by atoms with E-state index in [1.165, 1.54) is 10.1 Å². The summed E-state index contributed by atoms with van der Waals surface area (Å²) >= 11 is 0. The van der Waals surface area contributed by atoms with Gasteiger partial charge in [-0.3, -0.25) is 0 Å². The van der Waals surface area contributed by atoms with E-state index in [-0.39, 0.29) is 0 Å². The maximum Gasteiger partial charge on any atom is 0.136 e. The molecule has 0 radical (unpaired) electrons. The van der Waals surface area contributed by atoms with Gasteiger partial charge in [-0.2, -0.15) is 30.4 Å². The summed E-state index contributed by atoms with van der Waals surface area (Å²) in [6, 6.07) is 12.6. The van der Waals surface area contributed by atoms with Crippen molar-refractivity contribution in [2.45, 2.75) is 135 Å². The molecule has 3 fully saturated rings. The predicted octanol–water partition coefficient (Wildman–Crippen LogP) is 5.94. The van der Waals surface area contributed by atoms with Crippen molar-refractivity contribution in [1.82, 2.24) is 30.4 Å². The molecule has 2 aromatic carbocycles. The van der Waals surface area contributed by atoms with Gasteiger partial charge < -0.3 is 31.2 Å². The lowest BCUT2D eigenvalue weighted by Crippen LogP contribution is -2.52. The van der Waals surface area contributed by atoms with E-state index >= 15 is 0 Å². The topological polar surface area (TPSA) is 141 Å². The van der Waals surface area contributed by atoms with Crippen LogP contribution in [0, 0.1) is 11.8 Å².